The molecule has 0 aliphatic carbocycles. The van der Waals surface area contributed by atoms with Crippen LogP contribution >= 0.6 is 11.8 Å². The minimum Gasteiger partial charge on any atom is -0.486 e. The van der Waals surface area contributed by atoms with Gasteiger partial charge in [0.15, 0.2) is 11.5 Å². The normalized spacial score (nSPS) is 13.7. The van der Waals surface area contributed by atoms with Crippen LogP contribution in [0.2, 0.25) is 0 Å². The third-order valence-corrected chi connectivity index (χ3v) is 5.96. The van der Waals surface area contributed by atoms with Gasteiger partial charge in [0.05, 0.1) is 4.90 Å². The molecule has 1 N–H and O–H groups in total. The highest BCUT2D eigenvalue weighted by Gasteiger charge is 2.18. The van der Waals surface area contributed by atoms with Gasteiger partial charge in [0.25, 0.3) is 0 Å². The maximum absolute atomic E-state index is 12.3. The van der Waals surface area contributed by atoms with E-state index in [1.165, 1.54) is 17.7 Å². The molecule has 0 saturated carbocycles. The number of rotatable bonds is 7. The van der Waals surface area contributed by atoms with Crippen molar-refractivity contribution in [2.75, 3.05) is 25.5 Å². The van der Waals surface area contributed by atoms with Gasteiger partial charge in [-0.15, -0.1) is 0 Å². The Morgan fingerprint density at radius 3 is 2.54 bits per heavy atom. The summed E-state index contributed by atoms with van der Waals surface area (Å²) in [6, 6.07) is 14.8. The standard InChI is InChI=1S/C17H19NO4S2/c19-24(20,15-6-7-16-17(12-15)22-10-9-21-16)18-8-11-23-13-14-4-2-1-3-5-14/h1-7,12,18H,8-11,13H2. The van der Waals surface area contributed by atoms with Crippen LogP contribution in [0.3, 0.4) is 0 Å². The van der Waals surface area contributed by atoms with E-state index in [9.17, 15) is 8.42 Å². The van der Waals surface area contributed by atoms with E-state index in [0.29, 0.717) is 37.0 Å². The lowest BCUT2D eigenvalue weighted by Crippen LogP contribution is -2.26. The van der Waals surface area contributed by atoms with Gasteiger partial charge in [-0.25, -0.2) is 13.1 Å². The SMILES string of the molecule is O=S(=O)(NCCSCc1ccccc1)c1ccc2c(c1)OCCO2. The number of sulfonamides is 1. The van der Waals surface area contributed by atoms with Crippen LogP contribution in [-0.2, 0) is 15.8 Å². The summed E-state index contributed by atoms with van der Waals surface area (Å²) in [6.07, 6.45) is 0. The van der Waals surface area contributed by atoms with E-state index in [1.54, 1.807) is 17.8 Å². The highest BCUT2D eigenvalue weighted by molar-refractivity contribution is 7.98. The van der Waals surface area contributed by atoms with Crippen LogP contribution in [-0.4, -0.2) is 33.9 Å². The molecule has 1 aliphatic heterocycles. The first-order valence-corrected chi connectivity index (χ1v) is 10.3. The smallest absolute Gasteiger partial charge is 0.240 e. The van der Waals surface area contributed by atoms with E-state index in [-0.39, 0.29) is 4.90 Å². The summed E-state index contributed by atoms with van der Waals surface area (Å²) >= 11 is 1.69. The summed E-state index contributed by atoms with van der Waals surface area (Å²) in [7, 11) is -3.54. The highest BCUT2D eigenvalue weighted by atomic mass is 32.2. The third-order valence-electron chi connectivity index (χ3n) is 3.47. The molecule has 3 rings (SSSR count). The first-order valence-electron chi connectivity index (χ1n) is 7.66. The first kappa shape index (κ1) is 17.1. The Hall–Kier alpha value is -1.70. The summed E-state index contributed by atoms with van der Waals surface area (Å²) < 4.78 is 38.1. The molecule has 0 aromatic heterocycles. The second kappa shape index (κ2) is 7.92. The molecule has 5 nitrogen and oxygen atoms in total. The van der Waals surface area contributed by atoms with Crippen LogP contribution in [0.4, 0.5) is 0 Å². The van der Waals surface area contributed by atoms with Crippen molar-refractivity contribution in [1.29, 1.82) is 0 Å². The predicted molar refractivity (Wildman–Crippen MR) is 95.2 cm³/mol. The van der Waals surface area contributed by atoms with Gasteiger partial charge in [0, 0.05) is 24.1 Å². The predicted octanol–water partition coefficient (Wildman–Crippen LogP) is 2.67. The maximum atomic E-state index is 12.3. The molecular weight excluding hydrogens is 346 g/mol. The second-order valence-corrected chi connectivity index (χ2v) is 8.11. The molecule has 2 aromatic rings. The van der Waals surface area contributed by atoms with Gasteiger partial charge in [0.2, 0.25) is 10.0 Å². The van der Waals surface area contributed by atoms with E-state index in [4.69, 9.17) is 9.47 Å². The fourth-order valence-electron chi connectivity index (χ4n) is 2.29. The highest BCUT2D eigenvalue weighted by Crippen LogP contribution is 2.32. The zero-order valence-corrected chi connectivity index (χ0v) is 14.7. The summed E-state index contributed by atoms with van der Waals surface area (Å²) in [4.78, 5) is 0.194. The molecule has 2 aromatic carbocycles. The summed E-state index contributed by atoms with van der Waals surface area (Å²) in [5.41, 5.74) is 1.23. The lowest BCUT2D eigenvalue weighted by Gasteiger charge is -2.18. The molecule has 128 valence electrons. The average Bonchev–Trinajstić information content (AvgIpc) is 2.62. The fraction of sp³-hybridized carbons (Fsp3) is 0.294. The number of ether oxygens (including phenoxy) is 2. The van der Waals surface area contributed by atoms with Gasteiger partial charge in [-0.1, -0.05) is 30.3 Å². The Bertz CT molecular complexity index is 778. The summed E-state index contributed by atoms with van der Waals surface area (Å²) in [5, 5.41) is 0. The monoisotopic (exact) mass is 365 g/mol. The third kappa shape index (κ3) is 4.43. The molecule has 0 amide bonds. The minimum absolute atomic E-state index is 0.194. The van der Waals surface area contributed by atoms with Crippen molar-refractivity contribution in [2.45, 2.75) is 10.6 Å². The van der Waals surface area contributed by atoms with Gasteiger partial charge in [-0.3, -0.25) is 0 Å². The fourth-order valence-corrected chi connectivity index (χ4v) is 4.28. The number of nitrogens with one attached hydrogen (secondary N) is 1. The lowest BCUT2D eigenvalue weighted by atomic mass is 10.2. The van der Waals surface area contributed by atoms with Crippen LogP contribution in [0.25, 0.3) is 0 Å². The van der Waals surface area contributed by atoms with Gasteiger partial charge < -0.3 is 9.47 Å². The number of thioether (sulfide) groups is 1. The topological polar surface area (TPSA) is 64.6 Å². The van der Waals surface area contributed by atoms with E-state index >= 15 is 0 Å². The molecule has 7 heteroatoms. The Morgan fingerprint density at radius 1 is 1.00 bits per heavy atom. The molecule has 24 heavy (non-hydrogen) atoms. The van der Waals surface area contributed by atoms with E-state index in [0.717, 1.165) is 5.75 Å². The Balaban J connectivity index is 1.51. The van der Waals surface area contributed by atoms with Crippen molar-refractivity contribution in [2.24, 2.45) is 0 Å². The maximum Gasteiger partial charge on any atom is 0.240 e. The van der Waals surface area contributed by atoms with Crippen LogP contribution in [0.5, 0.6) is 11.5 Å². The molecule has 0 spiro atoms. The summed E-state index contributed by atoms with van der Waals surface area (Å²) in [6.45, 7) is 1.30. The number of benzene rings is 2. The molecule has 0 saturated heterocycles. The molecule has 1 aliphatic rings. The molecule has 0 bridgehead atoms. The molecule has 0 unspecified atom stereocenters. The molecular formula is C17H19NO4S2. The second-order valence-electron chi connectivity index (χ2n) is 5.24. The Kier molecular flexibility index (Phi) is 5.65. The lowest BCUT2D eigenvalue weighted by molar-refractivity contribution is 0.171. The van der Waals surface area contributed by atoms with Crippen molar-refractivity contribution in [1.82, 2.24) is 4.72 Å². The Morgan fingerprint density at radius 2 is 1.75 bits per heavy atom. The van der Waals surface area contributed by atoms with Gasteiger partial charge in [-0.2, -0.15) is 11.8 Å². The van der Waals surface area contributed by atoms with Crippen LogP contribution in [0.15, 0.2) is 53.4 Å². The van der Waals surface area contributed by atoms with Gasteiger partial charge >= 0.3 is 0 Å². The van der Waals surface area contributed by atoms with Crippen molar-refractivity contribution >= 4 is 21.8 Å². The average molecular weight is 365 g/mol. The van der Waals surface area contributed by atoms with E-state index in [2.05, 4.69) is 16.9 Å². The zero-order valence-electron chi connectivity index (χ0n) is 13.1. The summed E-state index contributed by atoms with van der Waals surface area (Å²) in [5.74, 6) is 2.63. The quantitative estimate of drug-likeness (QED) is 0.764. The van der Waals surface area contributed by atoms with Crippen molar-refractivity contribution in [3.05, 3.63) is 54.1 Å². The van der Waals surface area contributed by atoms with E-state index < -0.39 is 10.0 Å². The van der Waals surface area contributed by atoms with Crippen molar-refractivity contribution in [3.63, 3.8) is 0 Å². The van der Waals surface area contributed by atoms with Crippen LogP contribution in [0.1, 0.15) is 5.56 Å². The zero-order chi connectivity index (χ0) is 16.8. The van der Waals surface area contributed by atoms with Crippen LogP contribution < -0.4 is 14.2 Å². The first-order chi connectivity index (χ1) is 11.6. The van der Waals surface area contributed by atoms with Crippen molar-refractivity contribution < 1.29 is 17.9 Å². The van der Waals surface area contributed by atoms with Crippen molar-refractivity contribution in [3.8, 4) is 11.5 Å². The number of hydrogen-bond donors (Lipinski definition) is 1. The molecule has 0 radical (unpaired) electrons. The largest absolute Gasteiger partial charge is 0.486 e. The van der Waals surface area contributed by atoms with Crippen LogP contribution in [0, 0.1) is 0 Å². The number of hydrogen-bond acceptors (Lipinski definition) is 5. The molecule has 0 atom stereocenters. The minimum atomic E-state index is -3.54. The Labute approximate surface area is 146 Å². The molecule has 0 fully saturated rings. The van der Waals surface area contributed by atoms with Gasteiger partial charge in [0.1, 0.15) is 13.2 Å². The van der Waals surface area contributed by atoms with E-state index in [1.807, 2.05) is 18.2 Å². The number of fused-ring (bicyclic) bond motifs is 1. The van der Waals surface area contributed by atoms with Gasteiger partial charge in [-0.05, 0) is 17.7 Å². The molecule has 1 heterocycles.